The Morgan fingerprint density at radius 1 is 1.03 bits per heavy atom. The van der Waals surface area contributed by atoms with Crippen LogP contribution in [0.1, 0.15) is 29.3 Å². The van der Waals surface area contributed by atoms with E-state index in [1.165, 1.54) is 4.68 Å². The summed E-state index contributed by atoms with van der Waals surface area (Å²) in [4.78, 5) is 19.7. The van der Waals surface area contributed by atoms with Crippen LogP contribution in [0.5, 0.6) is 17.4 Å². The molecule has 11 heteroatoms. The van der Waals surface area contributed by atoms with Crippen molar-refractivity contribution < 1.29 is 14.2 Å². The summed E-state index contributed by atoms with van der Waals surface area (Å²) in [7, 11) is 6.71. The van der Waals surface area contributed by atoms with Crippen molar-refractivity contribution in [2.75, 3.05) is 25.7 Å². The van der Waals surface area contributed by atoms with Gasteiger partial charge >= 0.3 is 0 Å². The molecule has 1 aromatic carbocycles. The topological polar surface area (TPSA) is 109 Å². The van der Waals surface area contributed by atoms with Crippen LogP contribution in [0.2, 0.25) is 0 Å². The molecule has 11 nitrogen and oxygen atoms in total. The zero-order valence-corrected chi connectivity index (χ0v) is 21.9. The monoisotopic (exact) mass is 517 g/mol. The number of aryl methyl sites for hydroxylation is 2. The maximum absolute atomic E-state index is 13.2. The van der Waals surface area contributed by atoms with Gasteiger partial charge in [-0.2, -0.15) is 0 Å². The number of benzene rings is 1. The Kier molecular flexibility index (Phi) is 7.25. The van der Waals surface area contributed by atoms with Gasteiger partial charge in [0.15, 0.2) is 0 Å². The number of nitrogens with zero attached hydrogens (tertiary/aromatic N) is 7. The third-order valence-corrected chi connectivity index (χ3v) is 6.64. The van der Waals surface area contributed by atoms with E-state index in [1.54, 1.807) is 38.2 Å². The normalized spacial score (nSPS) is 16.2. The van der Waals surface area contributed by atoms with Crippen molar-refractivity contribution in [1.82, 2.24) is 29.8 Å². The average Bonchev–Trinajstić information content (AvgIpc) is 3.60. The summed E-state index contributed by atoms with van der Waals surface area (Å²) in [5, 5.41) is 12.6. The van der Waals surface area contributed by atoms with Gasteiger partial charge in [-0.15, -0.1) is 10.2 Å². The maximum Gasteiger partial charge on any atom is 0.290 e. The molecule has 3 aromatic heterocycles. The number of rotatable bonds is 11. The zero-order valence-electron chi connectivity index (χ0n) is 21.9. The van der Waals surface area contributed by atoms with Crippen molar-refractivity contribution in [3.8, 4) is 17.4 Å². The van der Waals surface area contributed by atoms with Crippen molar-refractivity contribution in [1.29, 1.82) is 0 Å². The highest BCUT2D eigenvalue weighted by molar-refractivity contribution is 5.48. The number of hydrogen-bond donors (Lipinski definition) is 0. The van der Waals surface area contributed by atoms with Crippen molar-refractivity contribution in [2.45, 2.75) is 25.4 Å². The van der Waals surface area contributed by atoms with E-state index in [1.807, 2.05) is 54.5 Å². The van der Waals surface area contributed by atoms with Gasteiger partial charge in [0.2, 0.25) is 5.88 Å². The molecular weight excluding hydrogens is 486 g/mol. The number of aromatic nitrogens is 6. The molecule has 2 atom stereocenters. The molecule has 1 aliphatic rings. The van der Waals surface area contributed by atoms with Gasteiger partial charge in [-0.25, -0.2) is 4.68 Å². The van der Waals surface area contributed by atoms with Crippen LogP contribution in [0.15, 0.2) is 59.7 Å². The van der Waals surface area contributed by atoms with Crippen molar-refractivity contribution in [3.05, 3.63) is 82.2 Å². The predicted molar refractivity (Wildman–Crippen MR) is 140 cm³/mol. The van der Waals surface area contributed by atoms with Crippen LogP contribution in [0.3, 0.4) is 0 Å². The molecule has 1 saturated carbocycles. The highest BCUT2D eigenvalue weighted by Gasteiger charge is 2.40. The van der Waals surface area contributed by atoms with E-state index in [2.05, 4.69) is 20.4 Å². The van der Waals surface area contributed by atoms with Crippen LogP contribution < -0.4 is 24.7 Å². The number of methoxy groups -OCH3 is 2. The number of anilines is 1. The fraction of sp³-hybridized carbons (Fsp3) is 0.370. The molecule has 1 aliphatic carbocycles. The van der Waals surface area contributed by atoms with Gasteiger partial charge in [0.25, 0.3) is 5.56 Å². The lowest BCUT2D eigenvalue weighted by molar-refractivity contribution is 0.277. The highest BCUT2D eigenvalue weighted by Crippen LogP contribution is 2.46. The van der Waals surface area contributed by atoms with Crippen LogP contribution in [0.4, 0.5) is 5.69 Å². The second-order valence-corrected chi connectivity index (χ2v) is 9.42. The fourth-order valence-corrected chi connectivity index (χ4v) is 4.42. The SMILES string of the molecule is COc1ccc(CN(Cc2cn(C)nn2)c2cc(OC[C@H]3C[C@@H]3c3ccc(OC)cn3)nn(C)c2=O)cc1. The van der Waals surface area contributed by atoms with Crippen LogP contribution >= 0.6 is 0 Å². The minimum Gasteiger partial charge on any atom is -0.497 e. The van der Waals surface area contributed by atoms with E-state index in [9.17, 15) is 4.79 Å². The van der Waals surface area contributed by atoms with Gasteiger partial charge in [-0.05, 0) is 36.2 Å². The Morgan fingerprint density at radius 2 is 1.79 bits per heavy atom. The van der Waals surface area contributed by atoms with Crippen molar-refractivity contribution >= 4 is 5.69 Å². The molecule has 0 unspecified atom stereocenters. The summed E-state index contributed by atoms with van der Waals surface area (Å²) in [5.74, 6) is 2.59. The smallest absolute Gasteiger partial charge is 0.290 e. The maximum atomic E-state index is 13.2. The van der Waals surface area contributed by atoms with E-state index in [0.717, 1.165) is 34.9 Å². The highest BCUT2D eigenvalue weighted by atomic mass is 16.5. The Morgan fingerprint density at radius 3 is 2.45 bits per heavy atom. The number of pyridine rings is 1. The van der Waals surface area contributed by atoms with Crippen LogP contribution in [-0.4, -0.2) is 50.6 Å². The third-order valence-electron chi connectivity index (χ3n) is 6.64. The Labute approximate surface area is 220 Å². The molecule has 0 N–H and O–H groups in total. The van der Waals surface area contributed by atoms with E-state index < -0.39 is 0 Å². The first-order valence-electron chi connectivity index (χ1n) is 12.4. The molecule has 1 fully saturated rings. The third kappa shape index (κ3) is 5.77. The van der Waals surface area contributed by atoms with Gasteiger partial charge in [0, 0.05) is 50.4 Å². The Hall–Kier alpha value is -4.41. The molecule has 0 radical (unpaired) electrons. The molecule has 3 heterocycles. The molecule has 4 aromatic rings. The molecule has 5 rings (SSSR count). The molecule has 38 heavy (non-hydrogen) atoms. The van der Waals surface area contributed by atoms with Crippen molar-refractivity contribution in [2.24, 2.45) is 20.0 Å². The largest absolute Gasteiger partial charge is 0.497 e. The molecular formula is C27H31N7O4. The fourth-order valence-electron chi connectivity index (χ4n) is 4.42. The first kappa shape index (κ1) is 25.2. The summed E-state index contributed by atoms with van der Waals surface area (Å²) in [5.41, 5.74) is 3.05. The molecule has 0 amide bonds. The molecule has 0 bridgehead atoms. The predicted octanol–water partition coefficient (Wildman–Crippen LogP) is 2.71. The Bertz CT molecular complexity index is 1430. The van der Waals surface area contributed by atoms with Crippen LogP contribution in [-0.2, 0) is 27.2 Å². The lowest BCUT2D eigenvalue weighted by atomic mass is 10.2. The minimum atomic E-state index is -0.221. The summed E-state index contributed by atoms with van der Waals surface area (Å²) in [6.45, 7) is 1.37. The summed E-state index contributed by atoms with van der Waals surface area (Å²) < 4.78 is 19.5. The summed E-state index contributed by atoms with van der Waals surface area (Å²) in [6, 6.07) is 13.4. The average molecular weight is 518 g/mol. The molecule has 198 valence electrons. The van der Waals surface area contributed by atoms with Gasteiger partial charge < -0.3 is 19.1 Å². The second-order valence-electron chi connectivity index (χ2n) is 9.42. The van der Waals surface area contributed by atoms with Crippen molar-refractivity contribution in [3.63, 3.8) is 0 Å². The molecule has 0 aliphatic heterocycles. The van der Waals surface area contributed by atoms with Gasteiger partial charge in [-0.1, -0.05) is 17.3 Å². The lowest BCUT2D eigenvalue weighted by Crippen LogP contribution is -2.32. The van der Waals surface area contributed by atoms with E-state index >= 15 is 0 Å². The van der Waals surface area contributed by atoms with E-state index in [0.29, 0.717) is 43.1 Å². The Balaban J connectivity index is 1.34. The molecule has 0 spiro atoms. The summed E-state index contributed by atoms with van der Waals surface area (Å²) >= 11 is 0. The second kappa shape index (κ2) is 10.9. The number of hydrogen-bond acceptors (Lipinski definition) is 9. The first-order chi connectivity index (χ1) is 18.4. The van der Waals surface area contributed by atoms with E-state index in [4.69, 9.17) is 14.2 Å². The van der Waals surface area contributed by atoms with E-state index in [-0.39, 0.29) is 5.56 Å². The first-order valence-corrected chi connectivity index (χ1v) is 12.4. The summed E-state index contributed by atoms with van der Waals surface area (Å²) in [6.07, 6.45) is 4.57. The lowest BCUT2D eigenvalue weighted by Gasteiger charge is -2.24. The quantitative estimate of drug-likeness (QED) is 0.297. The van der Waals surface area contributed by atoms with Gasteiger partial charge in [0.05, 0.1) is 33.6 Å². The zero-order chi connectivity index (χ0) is 26.6. The molecule has 0 saturated heterocycles. The van der Waals surface area contributed by atoms with Crippen LogP contribution in [0.25, 0.3) is 0 Å². The standard InChI is InChI=1S/C27H31N7O4/c1-32-15-20(29-31-32)16-34(14-18-5-7-21(36-3)8-6-18)25-12-26(30-33(2)27(25)35)38-17-19-11-23(19)24-10-9-22(37-4)13-28-24/h5-10,12-13,15,19,23H,11,14,16-17H2,1-4H3/t19-,23+/m1/s1. The van der Waals surface area contributed by atoms with Gasteiger partial charge in [0.1, 0.15) is 22.9 Å². The minimum absolute atomic E-state index is 0.221. The number of ether oxygens (including phenoxy) is 3. The van der Waals surface area contributed by atoms with Gasteiger partial charge in [-0.3, -0.25) is 14.5 Å². The van der Waals surface area contributed by atoms with Crippen LogP contribution in [0, 0.1) is 5.92 Å².